The fourth-order valence-electron chi connectivity index (χ4n) is 2.35. The molecule has 0 spiro atoms. The number of sulfonamides is 1. The number of hydrogen-bond donors (Lipinski definition) is 3. The third-order valence-corrected chi connectivity index (χ3v) is 4.18. The van der Waals surface area contributed by atoms with Gasteiger partial charge in [-0.05, 0) is 25.1 Å². The molecule has 0 bridgehead atoms. The summed E-state index contributed by atoms with van der Waals surface area (Å²) in [6, 6.07) is 4.63. The molecule has 1 aliphatic rings. The van der Waals surface area contributed by atoms with E-state index >= 15 is 0 Å². The van der Waals surface area contributed by atoms with Crippen LogP contribution in [-0.4, -0.2) is 45.4 Å². The van der Waals surface area contributed by atoms with E-state index in [-0.39, 0.29) is 29.4 Å². The van der Waals surface area contributed by atoms with Crippen LogP contribution in [0.2, 0.25) is 0 Å². The summed E-state index contributed by atoms with van der Waals surface area (Å²) in [4.78, 5) is 1.92. The maximum absolute atomic E-state index is 11.3. The number of ether oxygens (including phenoxy) is 1. The van der Waals surface area contributed by atoms with Gasteiger partial charge in [0, 0.05) is 18.8 Å². The SMILES string of the molecule is CC1CN(c2ccc(S(N)(=O)=O)c(N)c2)CC(CO)O1. The molecule has 0 aromatic heterocycles. The largest absolute Gasteiger partial charge is 0.398 e. The lowest BCUT2D eigenvalue weighted by atomic mass is 10.2. The minimum absolute atomic E-state index is 0.0277. The van der Waals surface area contributed by atoms with Gasteiger partial charge in [0.1, 0.15) is 4.90 Å². The van der Waals surface area contributed by atoms with Crippen molar-refractivity contribution in [3.8, 4) is 0 Å². The third kappa shape index (κ3) is 3.21. The highest BCUT2D eigenvalue weighted by atomic mass is 32.2. The van der Waals surface area contributed by atoms with Crippen molar-refractivity contribution < 1.29 is 18.3 Å². The van der Waals surface area contributed by atoms with E-state index < -0.39 is 10.0 Å². The number of hydrogen-bond acceptors (Lipinski definition) is 6. The number of primary sulfonamides is 1. The molecule has 0 amide bonds. The van der Waals surface area contributed by atoms with E-state index in [4.69, 9.17) is 15.6 Å². The molecule has 5 N–H and O–H groups in total. The standard InChI is InChI=1S/C12H19N3O4S/c1-8-5-15(6-10(7-16)19-8)9-2-3-12(11(13)4-9)20(14,17)18/h2-4,8,10,16H,5-7,13H2,1H3,(H2,14,17,18). The fourth-order valence-corrected chi connectivity index (χ4v) is 2.99. The van der Waals surface area contributed by atoms with E-state index in [9.17, 15) is 13.5 Å². The summed E-state index contributed by atoms with van der Waals surface area (Å²) in [5, 5.41) is 14.3. The van der Waals surface area contributed by atoms with E-state index in [0.717, 1.165) is 5.69 Å². The van der Waals surface area contributed by atoms with E-state index in [1.54, 1.807) is 12.1 Å². The lowest BCUT2D eigenvalue weighted by Crippen LogP contribution is -2.48. The number of aliphatic hydroxyl groups is 1. The quantitative estimate of drug-likeness (QED) is 0.648. The van der Waals surface area contributed by atoms with Crippen molar-refractivity contribution >= 4 is 21.4 Å². The molecule has 1 aromatic carbocycles. The molecule has 1 saturated heterocycles. The van der Waals surface area contributed by atoms with Crippen LogP contribution < -0.4 is 15.8 Å². The van der Waals surface area contributed by atoms with Crippen LogP contribution in [0, 0.1) is 0 Å². The summed E-state index contributed by atoms with van der Waals surface area (Å²) in [6.07, 6.45) is -0.294. The predicted octanol–water partition coefficient (Wildman–Crippen LogP) is -0.498. The summed E-state index contributed by atoms with van der Waals surface area (Å²) < 4.78 is 28.2. The Bertz CT molecular complexity index is 590. The van der Waals surface area contributed by atoms with Crippen molar-refractivity contribution in [2.75, 3.05) is 30.3 Å². The third-order valence-electron chi connectivity index (χ3n) is 3.19. The second-order valence-corrected chi connectivity index (χ2v) is 6.45. The van der Waals surface area contributed by atoms with Gasteiger partial charge in [0.25, 0.3) is 0 Å². The zero-order valence-electron chi connectivity index (χ0n) is 11.2. The molecular weight excluding hydrogens is 282 g/mol. The van der Waals surface area contributed by atoms with Gasteiger partial charge in [-0.3, -0.25) is 0 Å². The van der Waals surface area contributed by atoms with Gasteiger partial charge in [0.2, 0.25) is 10.0 Å². The molecule has 2 unspecified atom stereocenters. The van der Waals surface area contributed by atoms with E-state index in [0.29, 0.717) is 13.1 Å². The fraction of sp³-hybridized carbons (Fsp3) is 0.500. The molecule has 7 nitrogen and oxygen atoms in total. The van der Waals surface area contributed by atoms with E-state index in [2.05, 4.69) is 0 Å². The van der Waals surface area contributed by atoms with Gasteiger partial charge in [-0.25, -0.2) is 13.6 Å². The van der Waals surface area contributed by atoms with Crippen LogP contribution >= 0.6 is 0 Å². The van der Waals surface area contributed by atoms with Crippen molar-refractivity contribution in [2.45, 2.75) is 24.0 Å². The number of nitrogens with two attached hydrogens (primary N) is 2. The number of anilines is 2. The van der Waals surface area contributed by atoms with Crippen molar-refractivity contribution in [2.24, 2.45) is 5.14 Å². The van der Waals surface area contributed by atoms with Gasteiger partial charge in [0.15, 0.2) is 0 Å². The molecular formula is C12H19N3O4S. The number of morpholine rings is 1. The van der Waals surface area contributed by atoms with Gasteiger partial charge in [0.05, 0.1) is 24.5 Å². The van der Waals surface area contributed by atoms with Crippen molar-refractivity contribution in [3.05, 3.63) is 18.2 Å². The summed E-state index contributed by atoms with van der Waals surface area (Å²) in [7, 11) is -3.82. The van der Waals surface area contributed by atoms with Gasteiger partial charge in [-0.1, -0.05) is 0 Å². The second kappa shape index (κ2) is 5.57. The maximum atomic E-state index is 11.3. The molecule has 0 radical (unpaired) electrons. The highest BCUT2D eigenvalue weighted by Gasteiger charge is 2.25. The summed E-state index contributed by atoms with van der Waals surface area (Å²) >= 11 is 0. The topological polar surface area (TPSA) is 119 Å². The first kappa shape index (κ1) is 15.0. The maximum Gasteiger partial charge on any atom is 0.240 e. The molecule has 2 rings (SSSR count). The molecule has 20 heavy (non-hydrogen) atoms. The van der Waals surface area contributed by atoms with E-state index in [1.807, 2.05) is 11.8 Å². The molecule has 112 valence electrons. The Morgan fingerprint density at radius 1 is 1.45 bits per heavy atom. The second-order valence-electron chi connectivity index (χ2n) is 4.92. The Hall–Kier alpha value is -1.35. The molecule has 1 heterocycles. The minimum atomic E-state index is -3.82. The van der Waals surface area contributed by atoms with Crippen LogP contribution in [-0.2, 0) is 14.8 Å². The monoisotopic (exact) mass is 301 g/mol. The Morgan fingerprint density at radius 2 is 2.15 bits per heavy atom. The van der Waals surface area contributed by atoms with Gasteiger partial charge in [-0.15, -0.1) is 0 Å². The van der Waals surface area contributed by atoms with Crippen molar-refractivity contribution in [3.63, 3.8) is 0 Å². The number of aliphatic hydroxyl groups excluding tert-OH is 1. The summed E-state index contributed by atoms with van der Waals surface area (Å²) in [5.41, 5.74) is 6.65. The molecule has 1 fully saturated rings. The van der Waals surface area contributed by atoms with Gasteiger partial charge < -0.3 is 20.5 Å². The Balaban J connectivity index is 2.27. The first-order valence-electron chi connectivity index (χ1n) is 6.25. The van der Waals surface area contributed by atoms with Crippen LogP contribution in [0.3, 0.4) is 0 Å². The zero-order valence-corrected chi connectivity index (χ0v) is 12.0. The lowest BCUT2D eigenvalue weighted by molar-refractivity contribution is -0.0421. The highest BCUT2D eigenvalue weighted by Crippen LogP contribution is 2.26. The first-order valence-corrected chi connectivity index (χ1v) is 7.79. The van der Waals surface area contributed by atoms with Crippen molar-refractivity contribution in [1.82, 2.24) is 0 Å². The van der Waals surface area contributed by atoms with Gasteiger partial charge in [-0.2, -0.15) is 0 Å². The van der Waals surface area contributed by atoms with Crippen molar-refractivity contribution in [1.29, 1.82) is 0 Å². The van der Waals surface area contributed by atoms with Crippen LogP contribution in [0.25, 0.3) is 0 Å². The Kier molecular flexibility index (Phi) is 4.19. The van der Waals surface area contributed by atoms with Crippen LogP contribution in [0.15, 0.2) is 23.1 Å². The summed E-state index contributed by atoms with van der Waals surface area (Å²) in [5.74, 6) is 0. The summed E-state index contributed by atoms with van der Waals surface area (Å²) in [6.45, 7) is 3.02. The smallest absolute Gasteiger partial charge is 0.240 e. The molecule has 2 atom stereocenters. The van der Waals surface area contributed by atoms with Crippen LogP contribution in [0.5, 0.6) is 0 Å². The van der Waals surface area contributed by atoms with E-state index in [1.165, 1.54) is 6.07 Å². The number of rotatable bonds is 3. The average molecular weight is 301 g/mol. The molecule has 1 aromatic rings. The zero-order chi connectivity index (χ0) is 14.9. The number of benzene rings is 1. The number of nitrogen functional groups attached to an aromatic ring is 1. The average Bonchev–Trinajstić information content (AvgIpc) is 2.36. The molecule has 0 saturated carbocycles. The Morgan fingerprint density at radius 3 is 2.70 bits per heavy atom. The molecule has 1 aliphatic heterocycles. The predicted molar refractivity (Wildman–Crippen MR) is 75.9 cm³/mol. The molecule has 0 aliphatic carbocycles. The first-order chi connectivity index (χ1) is 9.31. The molecule has 8 heteroatoms. The normalized spacial score (nSPS) is 23.9. The lowest BCUT2D eigenvalue weighted by Gasteiger charge is -2.37. The number of nitrogens with zero attached hydrogens (tertiary/aromatic N) is 1. The van der Waals surface area contributed by atoms with Crippen LogP contribution in [0.4, 0.5) is 11.4 Å². The van der Waals surface area contributed by atoms with Gasteiger partial charge >= 0.3 is 0 Å². The highest BCUT2D eigenvalue weighted by molar-refractivity contribution is 7.89. The van der Waals surface area contributed by atoms with Crippen LogP contribution in [0.1, 0.15) is 6.92 Å². The Labute approximate surface area is 118 Å². The minimum Gasteiger partial charge on any atom is -0.398 e.